The fourth-order valence-corrected chi connectivity index (χ4v) is 3.62. The maximum absolute atomic E-state index is 13.6. The molecule has 1 aromatic carbocycles. The lowest BCUT2D eigenvalue weighted by molar-refractivity contribution is -0.138. The van der Waals surface area contributed by atoms with Crippen molar-refractivity contribution in [1.82, 2.24) is 15.3 Å². The predicted molar refractivity (Wildman–Crippen MR) is 98.8 cm³/mol. The van der Waals surface area contributed by atoms with Crippen molar-refractivity contribution in [3.63, 3.8) is 0 Å². The number of hydrogen-bond acceptors (Lipinski definition) is 6. The highest BCUT2D eigenvalue weighted by Crippen LogP contribution is 2.41. The molecule has 0 bridgehead atoms. The van der Waals surface area contributed by atoms with Crippen LogP contribution in [0.25, 0.3) is 0 Å². The molecule has 0 radical (unpaired) electrons. The van der Waals surface area contributed by atoms with Crippen molar-refractivity contribution in [2.45, 2.75) is 37.5 Å². The standard InChI is InChI=1S/C19H22F3N5O/c20-19(21,22)15-12-24-18(25-14-7-4-9-23-11-14)26-17(15)27-16(8-10-28-27)13-5-2-1-3-6-13/h1-3,5-6,12,14,16,23H,4,7-11H2,(H,24,25,26)/t14-,16+/m1/s1. The molecule has 28 heavy (non-hydrogen) atoms. The number of halogens is 3. The molecule has 6 nitrogen and oxygen atoms in total. The van der Waals surface area contributed by atoms with Gasteiger partial charge in [-0.2, -0.15) is 18.2 Å². The molecule has 2 atom stereocenters. The minimum absolute atomic E-state index is 0.0859. The Morgan fingerprint density at radius 1 is 1.18 bits per heavy atom. The summed E-state index contributed by atoms with van der Waals surface area (Å²) in [6, 6.07) is 9.11. The minimum Gasteiger partial charge on any atom is -0.350 e. The number of aromatic nitrogens is 2. The molecule has 2 N–H and O–H groups in total. The van der Waals surface area contributed by atoms with Crippen LogP contribution in [0.5, 0.6) is 0 Å². The van der Waals surface area contributed by atoms with E-state index in [9.17, 15) is 13.2 Å². The second-order valence-electron chi connectivity index (χ2n) is 6.99. The number of benzene rings is 1. The maximum Gasteiger partial charge on any atom is 0.421 e. The molecule has 2 aliphatic rings. The Labute approximate surface area is 161 Å². The van der Waals surface area contributed by atoms with Crippen molar-refractivity contribution in [1.29, 1.82) is 0 Å². The average molecular weight is 393 g/mol. The summed E-state index contributed by atoms with van der Waals surface area (Å²) < 4.78 is 40.9. The zero-order valence-electron chi connectivity index (χ0n) is 15.2. The van der Waals surface area contributed by atoms with Crippen LogP contribution in [0, 0.1) is 0 Å². The van der Waals surface area contributed by atoms with Gasteiger partial charge in [0.25, 0.3) is 0 Å². The second-order valence-corrected chi connectivity index (χ2v) is 6.99. The minimum atomic E-state index is -4.58. The van der Waals surface area contributed by atoms with E-state index < -0.39 is 11.7 Å². The zero-order valence-corrected chi connectivity index (χ0v) is 15.2. The first-order chi connectivity index (χ1) is 13.5. The number of alkyl halides is 3. The topological polar surface area (TPSA) is 62.3 Å². The molecule has 4 rings (SSSR count). The van der Waals surface area contributed by atoms with E-state index in [2.05, 4.69) is 20.6 Å². The summed E-state index contributed by atoms with van der Waals surface area (Å²) in [5, 5.41) is 7.68. The monoisotopic (exact) mass is 393 g/mol. The van der Waals surface area contributed by atoms with E-state index in [-0.39, 0.29) is 23.8 Å². The summed E-state index contributed by atoms with van der Waals surface area (Å²) >= 11 is 0. The first-order valence-corrected chi connectivity index (χ1v) is 9.41. The average Bonchev–Trinajstić information content (AvgIpc) is 3.18. The van der Waals surface area contributed by atoms with Gasteiger partial charge in [0.2, 0.25) is 5.95 Å². The lowest BCUT2D eigenvalue weighted by atomic mass is 10.0. The van der Waals surface area contributed by atoms with E-state index in [1.165, 1.54) is 5.06 Å². The SMILES string of the molecule is FC(F)(F)c1cnc(N[C@@H]2CCCNC2)nc1N1OCC[C@H]1c1ccccc1. The largest absolute Gasteiger partial charge is 0.421 e. The smallest absolute Gasteiger partial charge is 0.350 e. The predicted octanol–water partition coefficient (Wildman–Crippen LogP) is 3.54. The number of nitrogens with one attached hydrogen (secondary N) is 2. The van der Waals surface area contributed by atoms with Gasteiger partial charge in [0.1, 0.15) is 5.56 Å². The van der Waals surface area contributed by atoms with Crippen molar-refractivity contribution in [3.05, 3.63) is 47.7 Å². The van der Waals surface area contributed by atoms with E-state index in [0.29, 0.717) is 13.0 Å². The third-order valence-corrected chi connectivity index (χ3v) is 5.00. The fraction of sp³-hybridized carbons (Fsp3) is 0.474. The van der Waals surface area contributed by atoms with Crippen molar-refractivity contribution in [2.75, 3.05) is 30.1 Å². The van der Waals surface area contributed by atoms with Crippen LogP contribution in [-0.2, 0) is 11.0 Å². The van der Waals surface area contributed by atoms with Gasteiger partial charge in [0, 0.05) is 25.2 Å². The third-order valence-electron chi connectivity index (χ3n) is 5.00. The molecule has 0 spiro atoms. The summed E-state index contributed by atoms with van der Waals surface area (Å²) in [6.07, 6.45) is -1.24. The van der Waals surface area contributed by atoms with Crippen LogP contribution in [0.2, 0.25) is 0 Å². The van der Waals surface area contributed by atoms with E-state index in [4.69, 9.17) is 4.84 Å². The molecule has 0 aliphatic carbocycles. The van der Waals surface area contributed by atoms with E-state index in [0.717, 1.165) is 37.7 Å². The van der Waals surface area contributed by atoms with Crippen LogP contribution in [0.3, 0.4) is 0 Å². The van der Waals surface area contributed by atoms with Gasteiger partial charge < -0.3 is 10.6 Å². The molecule has 0 unspecified atom stereocenters. The highest BCUT2D eigenvalue weighted by atomic mass is 19.4. The van der Waals surface area contributed by atoms with Gasteiger partial charge in [-0.1, -0.05) is 30.3 Å². The summed E-state index contributed by atoms with van der Waals surface area (Å²) in [6.45, 7) is 2.00. The van der Waals surface area contributed by atoms with Crippen LogP contribution >= 0.6 is 0 Å². The normalized spacial score (nSPS) is 23.0. The Hall–Kier alpha value is -2.39. The summed E-state index contributed by atoms with van der Waals surface area (Å²) in [4.78, 5) is 13.7. The van der Waals surface area contributed by atoms with Gasteiger partial charge in [0.15, 0.2) is 5.82 Å². The number of anilines is 2. The molecular weight excluding hydrogens is 371 g/mol. The third kappa shape index (κ3) is 4.05. The van der Waals surface area contributed by atoms with E-state index in [1.54, 1.807) is 0 Å². The van der Waals surface area contributed by atoms with Gasteiger partial charge in [0.05, 0.1) is 12.6 Å². The Morgan fingerprint density at radius 2 is 2.00 bits per heavy atom. The molecule has 3 heterocycles. The lowest BCUT2D eigenvalue weighted by Crippen LogP contribution is -2.39. The van der Waals surface area contributed by atoms with Crippen molar-refractivity contribution in [2.24, 2.45) is 0 Å². The van der Waals surface area contributed by atoms with E-state index in [1.807, 2.05) is 30.3 Å². The molecule has 2 aromatic rings. The van der Waals surface area contributed by atoms with Gasteiger partial charge >= 0.3 is 6.18 Å². The number of hydroxylamine groups is 1. The van der Waals surface area contributed by atoms with Gasteiger partial charge in [-0.25, -0.2) is 10.0 Å². The quantitative estimate of drug-likeness (QED) is 0.829. The first-order valence-electron chi connectivity index (χ1n) is 9.41. The van der Waals surface area contributed by atoms with Crippen LogP contribution in [0.1, 0.15) is 36.4 Å². The lowest BCUT2D eigenvalue weighted by Gasteiger charge is -2.28. The summed E-state index contributed by atoms with van der Waals surface area (Å²) in [5.74, 6) is -0.0702. The second kappa shape index (κ2) is 7.92. The van der Waals surface area contributed by atoms with Gasteiger partial charge in [-0.05, 0) is 24.9 Å². The Morgan fingerprint density at radius 3 is 2.71 bits per heavy atom. The van der Waals surface area contributed by atoms with Crippen LogP contribution in [0.15, 0.2) is 36.5 Å². The van der Waals surface area contributed by atoms with Gasteiger partial charge in [-0.15, -0.1) is 0 Å². The maximum atomic E-state index is 13.6. The van der Waals surface area contributed by atoms with Crippen molar-refractivity contribution < 1.29 is 18.0 Å². The molecule has 9 heteroatoms. The van der Waals surface area contributed by atoms with Gasteiger partial charge in [-0.3, -0.25) is 4.84 Å². The zero-order chi connectivity index (χ0) is 19.6. The Bertz CT molecular complexity index is 796. The van der Waals surface area contributed by atoms with Crippen molar-refractivity contribution in [3.8, 4) is 0 Å². The van der Waals surface area contributed by atoms with Crippen LogP contribution < -0.4 is 15.7 Å². The molecule has 2 saturated heterocycles. The highest BCUT2D eigenvalue weighted by Gasteiger charge is 2.40. The number of piperidine rings is 1. The Balaban J connectivity index is 1.67. The molecule has 2 fully saturated rings. The Kier molecular flexibility index (Phi) is 5.36. The number of hydrogen-bond donors (Lipinski definition) is 2. The fourth-order valence-electron chi connectivity index (χ4n) is 3.62. The highest BCUT2D eigenvalue weighted by molar-refractivity contribution is 5.52. The van der Waals surface area contributed by atoms with Crippen LogP contribution in [0.4, 0.5) is 24.9 Å². The molecule has 1 aromatic heterocycles. The summed E-state index contributed by atoms with van der Waals surface area (Å²) in [7, 11) is 0. The first kappa shape index (κ1) is 18.9. The van der Waals surface area contributed by atoms with Crippen LogP contribution in [-0.4, -0.2) is 35.7 Å². The molecule has 0 amide bonds. The summed E-state index contributed by atoms with van der Waals surface area (Å²) in [5.41, 5.74) is -0.0135. The van der Waals surface area contributed by atoms with E-state index >= 15 is 0 Å². The molecule has 150 valence electrons. The van der Waals surface area contributed by atoms with Crippen molar-refractivity contribution >= 4 is 11.8 Å². The molecule has 0 saturated carbocycles. The molecular formula is C19H22F3N5O. The number of nitrogens with zero attached hydrogens (tertiary/aromatic N) is 3. The molecule has 2 aliphatic heterocycles. The number of rotatable bonds is 4.